The summed E-state index contributed by atoms with van der Waals surface area (Å²) < 4.78 is 5.41. The van der Waals surface area contributed by atoms with Crippen LogP contribution in [0.1, 0.15) is 85.5 Å². The van der Waals surface area contributed by atoms with Crippen molar-refractivity contribution >= 4 is 17.4 Å². The Morgan fingerprint density at radius 1 is 1.15 bits per heavy atom. The topological polar surface area (TPSA) is 94.8 Å². The summed E-state index contributed by atoms with van der Waals surface area (Å²) in [5.74, 6) is -0.382. The van der Waals surface area contributed by atoms with E-state index in [-0.39, 0.29) is 29.3 Å². The molecule has 3 N–H and O–H groups in total. The van der Waals surface area contributed by atoms with Gasteiger partial charge in [-0.1, -0.05) is 84.6 Å². The summed E-state index contributed by atoms with van der Waals surface area (Å²) in [6.07, 6.45) is 19.2. The molecule has 0 atom stereocenters. The van der Waals surface area contributed by atoms with Crippen LogP contribution in [0.5, 0.6) is 0 Å². The Hall–Kier alpha value is -2.89. The first-order valence-electron chi connectivity index (χ1n) is 12.3. The van der Waals surface area contributed by atoms with E-state index in [2.05, 4.69) is 50.9 Å². The molecular weight excluding hydrogens is 426 g/mol. The predicted octanol–water partition coefficient (Wildman–Crippen LogP) is 7.08. The standard InChI is InChI=1S/C28H43N3O3/c1-6-7-8-9-10-13-20-34-27(33)17-16-23(18-19-28(3,4)5)21-26(22(2)32)31-30-25-15-12-11-14-24(25)29/h11-12,14-15,18,21,29,31-32H,2,6-10,13,16-17,19-20H2,1,3-5H3/b23-18-,26-21+,29-24?,30-25-. The predicted molar refractivity (Wildman–Crippen MR) is 142 cm³/mol. The van der Waals surface area contributed by atoms with Crippen molar-refractivity contribution in [1.29, 1.82) is 5.41 Å². The number of hydrogen-bond donors (Lipinski definition) is 3. The fraction of sp³-hybridized carbons (Fsp3) is 0.536. The van der Waals surface area contributed by atoms with Gasteiger partial charge >= 0.3 is 5.97 Å². The van der Waals surface area contributed by atoms with Crippen molar-refractivity contribution in [2.45, 2.75) is 85.5 Å². The molecule has 0 aliphatic heterocycles. The minimum absolute atomic E-state index is 0.0791. The summed E-state index contributed by atoms with van der Waals surface area (Å²) in [6.45, 7) is 12.7. The number of hydrazone groups is 1. The maximum Gasteiger partial charge on any atom is 0.306 e. The summed E-state index contributed by atoms with van der Waals surface area (Å²) in [4.78, 5) is 12.3. The van der Waals surface area contributed by atoms with Crippen molar-refractivity contribution < 1.29 is 14.6 Å². The van der Waals surface area contributed by atoms with Crippen LogP contribution in [-0.4, -0.2) is 29.1 Å². The van der Waals surface area contributed by atoms with Crippen LogP contribution in [0.15, 0.2) is 65.2 Å². The van der Waals surface area contributed by atoms with Crippen molar-refractivity contribution in [3.8, 4) is 0 Å². The van der Waals surface area contributed by atoms with Gasteiger partial charge in [0.15, 0.2) is 0 Å². The molecule has 0 amide bonds. The van der Waals surface area contributed by atoms with Crippen molar-refractivity contribution in [2.24, 2.45) is 10.5 Å². The number of aliphatic hydroxyl groups is 1. The lowest BCUT2D eigenvalue weighted by molar-refractivity contribution is -0.143. The number of allylic oxidation sites excluding steroid dienone is 7. The van der Waals surface area contributed by atoms with Gasteiger partial charge in [0.05, 0.1) is 18.0 Å². The molecule has 6 nitrogen and oxygen atoms in total. The van der Waals surface area contributed by atoms with Gasteiger partial charge in [0.2, 0.25) is 0 Å². The molecule has 0 spiro atoms. The Balaban J connectivity index is 2.75. The molecule has 6 heteroatoms. The summed E-state index contributed by atoms with van der Waals surface area (Å²) in [5.41, 5.74) is 4.83. The van der Waals surface area contributed by atoms with Gasteiger partial charge in [0, 0.05) is 6.42 Å². The normalized spacial score (nSPS) is 15.6. The van der Waals surface area contributed by atoms with E-state index in [1.807, 2.05) is 0 Å². The van der Waals surface area contributed by atoms with Gasteiger partial charge in [0.25, 0.3) is 0 Å². The number of carbonyl (C=O) groups is 1. The molecule has 1 aliphatic rings. The van der Waals surface area contributed by atoms with Gasteiger partial charge in [-0.05, 0) is 48.5 Å². The van der Waals surface area contributed by atoms with Gasteiger partial charge in [-0.25, -0.2) is 0 Å². The molecule has 0 aromatic rings. The van der Waals surface area contributed by atoms with Crippen molar-refractivity contribution in [2.75, 3.05) is 6.61 Å². The lowest BCUT2D eigenvalue weighted by Gasteiger charge is -2.16. The third-order valence-corrected chi connectivity index (χ3v) is 5.20. The Kier molecular flexibility index (Phi) is 13.6. The van der Waals surface area contributed by atoms with Gasteiger partial charge in [0.1, 0.15) is 11.5 Å². The average molecular weight is 470 g/mol. The second-order valence-electron chi connectivity index (χ2n) is 9.78. The van der Waals surface area contributed by atoms with E-state index < -0.39 is 0 Å². The Morgan fingerprint density at radius 3 is 2.47 bits per heavy atom. The number of rotatable bonds is 15. The molecular formula is C28H43N3O3. The Morgan fingerprint density at radius 2 is 1.82 bits per heavy atom. The van der Waals surface area contributed by atoms with E-state index >= 15 is 0 Å². The lowest BCUT2D eigenvalue weighted by Crippen LogP contribution is -2.17. The van der Waals surface area contributed by atoms with E-state index in [9.17, 15) is 9.90 Å². The van der Waals surface area contributed by atoms with Crippen LogP contribution >= 0.6 is 0 Å². The van der Waals surface area contributed by atoms with Crippen molar-refractivity contribution in [3.05, 3.63) is 60.1 Å². The first-order valence-corrected chi connectivity index (χ1v) is 12.3. The molecule has 1 aliphatic carbocycles. The van der Waals surface area contributed by atoms with Crippen LogP contribution in [0.2, 0.25) is 0 Å². The first-order chi connectivity index (χ1) is 16.1. The summed E-state index contributed by atoms with van der Waals surface area (Å²) in [5, 5.41) is 22.2. The van der Waals surface area contributed by atoms with Crippen LogP contribution in [0.25, 0.3) is 0 Å². The fourth-order valence-electron chi connectivity index (χ4n) is 3.11. The Bertz CT molecular complexity index is 839. The molecule has 0 saturated carbocycles. The van der Waals surface area contributed by atoms with E-state index in [1.165, 1.54) is 25.7 Å². The zero-order valence-electron chi connectivity index (χ0n) is 21.5. The highest BCUT2D eigenvalue weighted by atomic mass is 16.5. The largest absolute Gasteiger partial charge is 0.506 e. The third kappa shape index (κ3) is 13.6. The molecule has 0 fully saturated rings. The highest BCUT2D eigenvalue weighted by Crippen LogP contribution is 2.22. The molecule has 0 aromatic carbocycles. The molecule has 0 saturated heterocycles. The lowest BCUT2D eigenvalue weighted by atomic mass is 9.90. The van der Waals surface area contributed by atoms with Crippen LogP contribution in [0.4, 0.5) is 0 Å². The monoisotopic (exact) mass is 469 g/mol. The highest BCUT2D eigenvalue weighted by molar-refractivity contribution is 6.49. The number of hydrogen-bond acceptors (Lipinski definition) is 6. The maximum atomic E-state index is 12.3. The molecule has 0 bridgehead atoms. The molecule has 0 aromatic heterocycles. The minimum atomic E-state index is -0.214. The highest BCUT2D eigenvalue weighted by Gasteiger charge is 2.12. The van der Waals surface area contributed by atoms with E-state index in [1.54, 1.807) is 30.4 Å². The molecule has 1 rings (SSSR count). The van der Waals surface area contributed by atoms with E-state index in [4.69, 9.17) is 10.1 Å². The third-order valence-electron chi connectivity index (χ3n) is 5.20. The van der Waals surface area contributed by atoms with E-state index in [0.717, 1.165) is 24.8 Å². The minimum Gasteiger partial charge on any atom is -0.506 e. The number of carbonyl (C=O) groups excluding carboxylic acids is 1. The fourth-order valence-corrected chi connectivity index (χ4v) is 3.11. The zero-order valence-corrected chi connectivity index (χ0v) is 21.5. The molecule has 0 unspecified atom stereocenters. The van der Waals surface area contributed by atoms with Gasteiger partial charge in [-0.2, -0.15) is 5.10 Å². The SMILES string of the molecule is C=C(O)/C(=C\C(=C/CC(C)(C)C)CCC(=O)OCCCCCCCC)N/N=C1/C=CC=CC1=N. The zero-order chi connectivity index (χ0) is 25.4. The maximum absolute atomic E-state index is 12.3. The Labute approximate surface area is 205 Å². The molecule has 0 heterocycles. The first kappa shape index (κ1) is 29.1. The van der Waals surface area contributed by atoms with E-state index in [0.29, 0.717) is 24.4 Å². The van der Waals surface area contributed by atoms with Crippen molar-refractivity contribution in [3.63, 3.8) is 0 Å². The second kappa shape index (κ2) is 15.9. The van der Waals surface area contributed by atoms with Gasteiger partial charge in [-0.3, -0.25) is 15.6 Å². The van der Waals surface area contributed by atoms with Crippen LogP contribution in [0.3, 0.4) is 0 Å². The summed E-state index contributed by atoms with van der Waals surface area (Å²) in [6, 6.07) is 0. The number of nitrogens with one attached hydrogen (secondary N) is 2. The van der Waals surface area contributed by atoms with Crippen LogP contribution in [-0.2, 0) is 9.53 Å². The molecule has 188 valence electrons. The number of aliphatic hydroxyl groups excluding tert-OH is 1. The number of nitrogens with zero attached hydrogens (tertiary/aromatic N) is 1. The number of esters is 1. The average Bonchev–Trinajstić information content (AvgIpc) is 2.77. The number of unbranched alkanes of at least 4 members (excludes halogenated alkanes) is 5. The van der Waals surface area contributed by atoms with Crippen LogP contribution < -0.4 is 5.43 Å². The van der Waals surface area contributed by atoms with Crippen LogP contribution in [0, 0.1) is 10.8 Å². The molecule has 0 radical (unpaired) electrons. The molecule has 34 heavy (non-hydrogen) atoms. The van der Waals surface area contributed by atoms with Gasteiger partial charge < -0.3 is 9.84 Å². The second-order valence-corrected chi connectivity index (χ2v) is 9.78. The number of ether oxygens (including phenoxy) is 1. The smallest absolute Gasteiger partial charge is 0.306 e. The quantitative estimate of drug-likeness (QED) is 0.0596. The van der Waals surface area contributed by atoms with Gasteiger partial charge in [-0.15, -0.1) is 0 Å². The van der Waals surface area contributed by atoms with Crippen molar-refractivity contribution in [1.82, 2.24) is 5.43 Å². The summed E-state index contributed by atoms with van der Waals surface area (Å²) >= 11 is 0. The summed E-state index contributed by atoms with van der Waals surface area (Å²) in [7, 11) is 0.